The quantitative estimate of drug-likeness (QED) is 0.662. The Morgan fingerprint density at radius 3 is 2.04 bits per heavy atom. The summed E-state index contributed by atoms with van der Waals surface area (Å²) in [6.07, 6.45) is 8.01. The van der Waals surface area contributed by atoms with E-state index in [1.54, 1.807) is 36.7 Å². The Hall–Kier alpha value is -1.49. The van der Waals surface area contributed by atoms with Gasteiger partial charge >= 0.3 is 0 Å². The molecule has 0 amide bonds. The summed E-state index contributed by atoms with van der Waals surface area (Å²) in [4.78, 5) is 4.42. The average molecular weight is 420 g/mol. The van der Waals surface area contributed by atoms with Gasteiger partial charge in [0.2, 0.25) is 0 Å². The molecule has 2 heterocycles. The van der Waals surface area contributed by atoms with E-state index < -0.39 is 17.2 Å². The third-order valence-corrected chi connectivity index (χ3v) is 12.0. The number of nitrogens with zero attached hydrogens (tertiary/aromatic N) is 3. The molecule has 5 nitrogen and oxygen atoms in total. The fourth-order valence-corrected chi connectivity index (χ4v) is 11.1. The molecule has 7 heteroatoms. The molecular weight excluding hydrogens is 389 g/mol. The zero-order valence-electron chi connectivity index (χ0n) is 17.0. The number of sulfonamides is 1. The summed E-state index contributed by atoms with van der Waals surface area (Å²) in [5, 5.41) is 0.650. The van der Waals surface area contributed by atoms with Gasteiger partial charge in [0, 0.05) is 35.9 Å². The van der Waals surface area contributed by atoms with Crippen molar-refractivity contribution < 1.29 is 8.42 Å². The van der Waals surface area contributed by atoms with Gasteiger partial charge in [0.25, 0.3) is 10.0 Å². The molecule has 1 aliphatic heterocycles. The lowest BCUT2D eigenvalue weighted by Gasteiger charge is -2.44. The Morgan fingerprint density at radius 1 is 0.929 bits per heavy atom. The predicted octanol–water partition coefficient (Wildman–Crippen LogP) is 4.89. The first-order valence-corrected chi connectivity index (χ1v) is 13.0. The molecule has 1 aliphatic rings. The standard InChI is InChI=1S/C21H30N3O2PS/c1-21(2,3)27(19-13-15-22-16-14-19,24-17-9-4-5-10-18-24)23-28(25,26)20-11-7-6-8-12-20/h6-8,11-16H,4-5,9-10,17-18H2,1-3H3. The number of aromatic nitrogens is 1. The van der Waals surface area contributed by atoms with E-state index in [2.05, 4.69) is 30.4 Å². The van der Waals surface area contributed by atoms with Gasteiger partial charge in [0.05, 0.1) is 12.1 Å². The molecule has 1 aromatic carbocycles. The second-order valence-corrected chi connectivity index (χ2v) is 13.9. The van der Waals surface area contributed by atoms with Gasteiger partial charge in [-0.05, 0) is 37.1 Å². The first-order chi connectivity index (χ1) is 13.3. The van der Waals surface area contributed by atoms with E-state index in [9.17, 15) is 8.42 Å². The van der Waals surface area contributed by atoms with Crippen molar-refractivity contribution in [2.24, 2.45) is 4.15 Å². The van der Waals surface area contributed by atoms with Gasteiger partial charge in [0.15, 0.2) is 0 Å². The molecule has 0 aliphatic carbocycles. The second kappa shape index (κ2) is 8.48. The average Bonchev–Trinajstić information content (AvgIpc) is 2.96. The Bertz CT molecular complexity index is 931. The highest BCUT2D eigenvalue weighted by Crippen LogP contribution is 2.63. The van der Waals surface area contributed by atoms with Crippen LogP contribution in [-0.4, -0.2) is 36.3 Å². The molecule has 0 saturated carbocycles. The highest BCUT2D eigenvalue weighted by molar-refractivity contribution is 7.95. The van der Waals surface area contributed by atoms with Gasteiger partial charge in [-0.15, -0.1) is 0 Å². The van der Waals surface area contributed by atoms with Gasteiger partial charge in [-0.3, -0.25) is 9.65 Å². The topological polar surface area (TPSA) is 62.6 Å². The molecule has 1 aromatic heterocycles. The first-order valence-electron chi connectivity index (χ1n) is 9.87. The summed E-state index contributed by atoms with van der Waals surface area (Å²) in [5.74, 6) is 0. The van der Waals surface area contributed by atoms with Gasteiger partial charge in [-0.1, -0.05) is 51.8 Å². The summed E-state index contributed by atoms with van der Waals surface area (Å²) in [7, 11) is -6.39. The maximum absolute atomic E-state index is 13.4. The predicted molar refractivity (Wildman–Crippen MR) is 117 cm³/mol. The second-order valence-electron chi connectivity index (χ2n) is 8.22. The zero-order valence-corrected chi connectivity index (χ0v) is 18.7. The molecule has 0 spiro atoms. The smallest absolute Gasteiger partial charge is 0.265 e. The molecular formula is C21H30N3O2PS. The summed E-state index contributed by atoms with van der Waals surface area (Å²) in [6, 6.07) is 12.5. The summed E-state index contributed by atoms with van der Waals surface area (Å²) >= 11 is 0. The zero-order chi connectivity index (χ0) is 20.3. The van der Waals surface area contributed by atoms with Crippen LogP contribution in [0.25, 0.3) is 0 Å². The molecule has 1 fully saturated rings. The van der Waals surface area contributed by atoms with E-state index in [1.807, 2.05) is 18.2 Å². The monoisotopic (exact) mass is 419 g/mol. The van der Waals surface area contributed by atoms with Crippen molar-refractivity contribution in [2.75, 3.05) is 13.1 Å². The van der Waals surface area contributed by atoms with E-state index >= 15 is 0 Å². The van der Waals surface area contributed by atoms with Crippen molar-refractivity contribution in [3.8, 4) is 0 Å². The van der Waals surface area contributed by atoms with Gasteiger partial charge in [0.1, 0.15) is 0 Å². The SMILES string of the molecule is CC(C)(C)P(=NS(=O)(=O)c1ccccc1)(c1ccncc1)N1CCCCCC1. The van der Waals surface area contributed by atoms with E-state index in [-0.39, 0.29) is 10.1 Å². The molecule has 1 saturated heterocycles. The van der Waals surface area contributed by atoms with Crippen molar-refractivity contribution in [1.82, 2.24) is 9.65 Å². The Labute approximate surface area is 169 Å². The number of benzene rings is 1. The van der Waals surface area contributed by atoms with Crippen LogP contribution >= 0.6 is 7.21 Å². The van der Waals surface area contributed by atoms with Crippen LogP contribution in [-0.2, 0) is 10.0 Å². The molecule has 0 bridgehead atoms. The van der Waals surface area contributed by atoms with Crippen molar-refractivity contribution in [2.45, 2.75) is 56.5 Å². The minimum Gasteiger partial charge on any atom is -0.265 e. The molecule has 28 heavy (non-hydrogen) atoms. The third kappa shape index (κ3) is 4.24. The minimum atomic E-state index is -3.80. The number of pyridine rings is 1. The van der Waals surface area contributed by atoms with Crippen LogP contribution in [0.4, 0.5) is 0 Å². The van der Waals surface area contributed by atoms with Crippen LogP contribution in [0, 0.1) is 0 Å². The maximum Gasteiger partial charge on any atom is 0.282 e. The molecule has 1 unspecified atom stereocenters. The molecule has 152 valence electrons. The largest absolute Gasteiger partial charge is 0.282 e. The summed E-state index contributed by atoms with van der Waals surface area (Å²) in [5.41, 5.74) is 0. The van der Waals surface area contributed by atoms with Gasteiger partial charge < -0.3 is 0 Å². The van der Waals surface area contributed by atoms with Crippen LogP contribution < -0.4 is 5.30 Å². The fourth-order valence-electron chi connectivity index (χ4n) is 3.89. The fraction of sp³-hybridized carbons (Fsp3) is 0.476. The third-order valence-electron chi connectivity index (χ3n) is 5.22. The van der Waals surface area contributed by atoms with Crippen molar-refractivity contribution >= 4 is 22.5 Å². The molecule has 0 radical (unpaired) electrons. The Balaban J connectivity index is 2.32. The first kappa shape index (κ1) is 21.2. The lowest BCUT2D eigenvalue weighted by atomic mass is 10.2. The summed E-state index contributed by atoms with van der Waals surface area (Å²) < 4.78 is 34.0. The molecule has 0 N–H and O–H groups in total. The van der Waals surface area contributed by atoms with Crippen molar-refractivity contribution in [3.05, 3.63) is 54.9 Å². The molecule has 1 atom stereocenters. The maximum atomic E-state index is 13.4. The van der Waals surface area contributed by atoms with Crippen molar-refractivity contribution in [3.63, 3.8) is 0 Å². The van der Waals surface area contributed by atoms with E-state index in [4.69, 9.17) is 4.15 Å². The highest BCUT2D eigenvalue weighted by Gasteiger charge is 2.43. The Kier molecular flexibility index (Phi) is 6.43. The van der Waals surface area contributed by atoms with Crippen LogP contribution in [0.15, 0.2) is 63.9 Å². The number of hydrogen-bond donors (Lipinski definition) is 0. The highest BCUT2D eigenvalue weighted by atomic mass is 32.2. The van der Waals surface area contributed by atoms with Crippen LogP contribution in [0.3, 0.4) is 0 Å². The Morgan fingerprint density at radius 2 is 1.50 bits per heavy atom. The van der Waals surface area contributed by atoms with Gasteiger partial charge in [-0.25, -0.2) is 0 Å². The lowest BCUT2D eigenvalue weighted by molar-refractivity contribution is 0.457. The molecule has 2 aromatic rings. The number of hydrogen-bond acceptors (Lipinski definition) is 3. The minimum absolute atomic E-state index is 0.257. The van der Waals surface area contributed by atoms with Crippen molar-refractivity contribution in [1.29, 1.82) is 0 Å². The van der Waals surface area contributed by atoms with Gasteiger partial charge in [-0.2, -0.15) is 12.6 Å². The van der Waals surface area contributed by atoms with E-state index in [1.165, 1.54) is 12.8 Å². The molecule has 3 rings (SSSR count). The van der Waals surface area contributed by atoms with E-state index in [0.29, 0.717) is 0 Å². The van der Waals surface area contributed by atoms with E-state index in [0.717, 1.165) is 31.2 Å². The van der Waals surface area contributed by atoms with Crippen LogP contribution in [0.1, 0.15) is 46.5 Å². The number of rotatable bonds is 4. The summed E-state index contributed by atoms with van der Waals surface area (Å²) in [6.45, 7) is 8.12. The lowest BCUT2D eigenvalue weighted by Crippen LogP contribution is -2.37. The normalized spacial score (nSPS) is 18.8. The van der Waals surface area contributed by atoms with Crippen LogP contribution in [0.5, 0.6) is 0 Å². The van der Waals surface area contributed by atoms with Crippen LogP contribution in [0.2, 0.25) is 0 Å².